The molecular formula is C16H30N2O2. The lowest BCUT2D eigenvalue weighted by Crippen LogP contribution is -2.45. The monoisotopic (exact) mass is 282 g/mol. The molecule has 2 rings (SSSR count). The van der Waals surface area contributed by atoms with Crippen molar-refractivity contribution in [3.05, 3.63) is 0 Å². The first-order valence-corrected chi connectivity index (χ1v) is 8.29. The van der Waals surface area contributed by atoms with Crippen molar-refractivity contribution < 1.29 is 9.90 Å². The molecule has 0 amide bonds. The van der Waals surface area contributed by atoms with Crippen molar-refractivity contribution in [2.24, 2.45) is 5.92 Å². The van der Waals surface area contributed by atoms with E-state index in [9.17, 15) is 4.79 Å². The Morgan fingerprint density at radius 1 is 1.10 bits per heavy atom. The third-order valence-corrected chi connectivity index (χ3v) is 5.06. The van der Waals surface area contributed by atoms with Crippen LogP contribution in [-0.2, 0) is 4.79 Å². The van der Waals surface area contributed by atoms with E-state index in [1.807, 2.05) is 11.9 Å². The van der Waals surface area contributed by atoms with Crippen LogP contribution in [0.3, 0.4) is 0 Å². The highest BCUT2D eigenvalue weighted by atomic mass is 16.4. The average molecular weight is 282 g/mol. The third-order valence-electron chi connectivity index (χ3n) is 5.06. The summed E-state index contributed by atoms with van der Waals surface area (Å²) in [6.45, 7) is 3.74. The van der Waals surface area contributed by atoms with Gasteiger partial charge in [0.05, 0.1) is 6.54 Å². The number of aliphatic carboxylic acids is 1. The fourth-order valence-corrected chi connectivity index (χ4v) is 3.80. The zero-order valence-electron chi connectivity index (χ0n) is 12.9. The molecule has 0 unspecified atom stereocenters. The molecule has 116 valence electrons. The summed E-state index contributed by atoms with van der Waals surface area (Å²) in [5, 5.41) is 8.86. The topological polar surface area (TPSA) is 43.8 Å². The Bertz CT molecular complexity index is 293. The summed E-state index contributed by atoms with van der Waals surface area (Å²) in [5.41, 5.74) is 0. The first-order chi connectivity index (χ1) is 9.65. The molecule has 20 heavy (non-hydrogen) atoms. The van der Waals surface area contributed by atoms with Crippen molar-refractivity contribution in [1.82, 2.24) is 9.80 Å². The van der Waals surface area contributed by atoms with Gasteiger partial charge in [0.15, 0.2) is 0 Å². The molecule has 0 aromatic heterocycles. The smallest absolute Gasteiger partial charge is 0.317 e. The van der Waals surface area contributed by atoms with Crippen molar-refractivity contribution in [2.75, 3.05) is 33.2 Å². The second-order valence-corrected chi connectivity index (χ2v) is 6.70. The average Bonchev–Trinajstić information content (AvgIpc) is 2.67. The van der Waals surface area contributed by atoms with Crippen LogP contribution in [0.2, 0.25) is 0 Å². The second-order valence-electron chi connectivity index (χ2n) is 6.70. The summed E-state index contributed by atoms with van der Waals surface area (Å²) >= 11 is 0. The van der Waals surface area contributed by atoms with Crippen LogP contribution in [0, 0.1) is 5.92 Å². The number of carboxylic acid groups (broad SMARTS) is 1. The van der Waals surface area contributed by atoms with Crippen LogP contribution >= 0.6 is 0 Å². The molecule has 0 spiro atoms. The fourth-order valence-electron chi connectivity index (χ4n) is 3.80. The zero-order chi connectivity index (χ0) is 14.4. The van der Waals surface area contributed by atoms with Crippen LogP contribution < -0.4 is 0 Å². The molecule has 0 radical (unpaired) electrons. The van der Waals surface area contributed by atoms with E-state index in [-0.39, 0.29) is 6.54 Å². The first kappa shape index (κ1) is 15.8. The molecule has 0 aromatic rings. The van der Waals surface area contributed by atoms with Crippen LogP contribution in [0.25, 0.3) is 0 Å². The molecule has 0 atom stereocenters. The number of carbonyl (C=O) groups is 1. The van der Waals surface area contributed by atoms with E-state index in [0.717, 1.165) is 31.8 Å². The zero-order valence-corrected chi connectivity index (χ0v) is 12.9. The SMILES string of the molecule is CN(CC(=O)O)C1CCN(CC2CCCCCC2)CC1. The van der Waals surface area contributed by atoms with Gasteiger partial charge in [0.1, 0.15) is 0 Å². The van der Waals surface area contributed by atoms with E-state index in [1.54, 1.807) is 0 Å². The Morgan fingerprint density at radius 2 is 1.70 bits per heavy atom. The molecule has 0 aromatic carbocycles. The summed E-state index contributed by atoms with van der Waals surface area (Å²) in [6, 6.07) is 0.455. The van der Waals surface area contributed by atoms with Crippen LogP contribution in [0.4, 0.5) is 0 Å². The standard InChI is InChI=1S/C16H30N2O2/c1-17(13-16(19)20)15-8-10-18(11-9-15)12-14-6-4-2-3-5-7-14/h14-15H,2-13H2,1H3,(H,19,20). The summed E-state index contributed by atoms with van der Waals surface area (Å²) < 4.78 is 0. The Labute approximate surface area is 123 Å². The minimum atomic E-state index is -0.714. The molecule has 2 aliphatic rings. The Kier molecular flexibility index (Phi) is 6.30. The first-order valence-electron chi connectivity index (χ1n) is 8.29. The highest BCUT2D eigenvalue weighted by molar-refractivity contribution is 5.69. The lowest BCUT2D eigenvalue weighted by atomic mass is 9.97. The van der Waals surface area contributed by atoms with Crippen LogP contribution in [0.1, 0.15) is 51.4 Å². The molecule has 1 heterocycles. The Morgan fingerprint density at radius 3 is 2.25 bits per heavy atom. The largest absolute Gasteiger partial charge is 0.480 e. The highest BCUT2D eigenvalue weighted by Crippen LogP contribution is 2.25. The van der Waals surface area contributed by atoms with Crippen molar-refractivity contribution >= 4 is 5.97 Å². The van der Waals surface area contributed by atoms with Crippen LogP contribution in [0.5, 0.6) is 0 Å². The Balaban J connectivity index is 1.69. The highest BCUT2D eigenvalue weighted by Gasteiger charge is 2.25. The van der Waals surface area contributed by atoms with Gasteiger partial charge in [-0.15, -0.1) is 0 Å². The van der Waals surface area contributed by atoms with Crippen molar-refractivity contribution in [2.45, 2.75) is 57.4 Å². The molecule has 1 aliphatic heterocycles. The maximum atomic E-state index is 10.8. The quantitative estimate of drug-likeness (QED) is 0.787. The van der Waals surface area contributed by atoms with Gasteiger partial charge < -0.3 is 10.0 Å². The predicted molar refractivity (Wildman–Crippen MR) is 80.9 cm³/mol. The molecule has 1 aliphatic carbocycles. The van der Waals surface area contributed by atoms with Gasteiger partial charge in [0.2, 0.25) is 0 Å². The summed E-state index contributed by atoms with van der Waals surface area (Å²) in [5.74, 6) is 0.194. The molecule has 2 fully saturated rings. The molecule has 1 N–H and O–H groups in total. The van der Waals surface area contributed by atoms with Gasteiger partial charge in [0, 0.05) is 12.6 Å². The van der Waals surface area contributed by atoms with Gasteiger partial charge in [-0.25, -0.2) is 0 Å². The second kappa shape index (κ2) is 7.99. The molecule has 4 nitrogen and oxygen atoms in total. The lowest BCUT2D eigenvalue weighted by Gasteiger charge is -2.37. The van der Waals surface area contributed by atoms with Crippen LogP contribution in [-0.4, -0.2) is 60.1 Å². The number of carboxylic acids is 1. The van der Waals surface area contributed by atoms with E-state index >= 15 is 0 Å². The van der Waals surface area contributed by atoms with E-state index in [2.05, 4.69) is 4.90 Å². The lowest BCUT2D eigenvalue weighted by molar-refractivity contribution is -0.138. The summed E-state index contributed by atoms with van der Waals surface area (Å²) in [6.07, 6.45) is 10.8. The van der Waals surface area contributed by atoms with Gasteiger partial charge in [-0.05, 0) is 51.7 Å². The van der Waals surface area contributed by atoms with E-state index in [4.69, 9.17) is 5.11 Å². The predicted octanol–water partition coefficient (Wildman–Crippen LogP) is 2.44. The van der Waals surface area contributed by atoms with E-state index in [0.29, 0.717) is 6.04 Å². The molecule has 1 saturated carbocycles. The summed E-state index contributed by atoms with van der Waals surface area (Å²) in [7, 11) is 1.94. The van der Waals surface area contributed by atoms with Gasteiger partial charge in [-0.1, -0.05) is 25.7 Å². The summed E-state index contributed by atoms with van der Waals surface area (Å²) in [4.78, 5) is 15.4. The molecule has 0 bridgehead atoms. The maximum Gasteiger partial charge on any atom is 0.317 e. The van der Waals surface area contributed by atoms with Gasteiger partial charge in [-0.3, -0.25) is 9.69 Å². The minimum Gasteiger partial charge on any atom is -0.480 e. The fraction of sp³-hybridized carbons (Fsp3) is 0.938. The van der Waals surface area contributed by atoms with Gasteiger partial charge >= 0.3 is 5.97 Å². The number of hydrogen-bond donors (Lipinski definition) is 1. The van der Waals surface area contributed by atoms with E-state index < -0.39 is 5.97 Å². The van der Waals surface area contributed by atoms with Gasteiger partial charge in [0.25, 0.3) is 0 Å². The van der Waals surface area contributed by atoms with Crippen LogP contribution in [0.15, 0.2) is 0 Å². The van der Waals surface area contributed by atoms with Crippen molar-refractivity contribution in [3.63, 3.8) is 0 Å². The number of hydrogen-bond acceptors (Lipinski definition) is 3. The molecule has 4 heteroatoms. The van der Waals surface area contributed by atoms with Gasteiger partial charge in [-0.2, -0.15) is 0 Å². The van der Waals surface area contributed by atoms with Crippen molar-refractivity contribution in [1.29, 1.82) is 0 Å². The molecular weight excluding hydrogens is 252 g/mol. The number of likely N-dealkylation sites (N-methyl/N-ethyl adjacent to an activating group) is 1. The van der Waals surface area contributed by atoms with E-state index in [1.165, 1.54) is 45.1 Å². The minimum absolute atomic E-state index is 0.174. The molecule has 1 saturated heterocycles. The normalized spacial score (nSPS) is 23.9. The number of nitrogens with zero attached hydrogens (tertiary/aromatic N) is 2. The number of piperidine rings is 1. The number of rotatable bonds is 5. The number of likely N-dealkylation sites (tertiary alicyclic amines) is 1. The third kappa shape index (κ3) is 5.06. The Hall–Kier alpha value is -0.610. The maximum absolute atomic E-state index is 10.8. The van der Waals surface area contributed by atoms with Crippen molar-refractivity contribution in [3.8, 4) is 0 Å².